The number of nitrogens with one attached hydrogen (secondary N) is 1. The maximum atomic E-state index is 12.2. The van der Waals surface area contributed by atoms with E-state index in [1.54, 1.807) is 10.7 Å². The number of hydrogen-bond acceptors (Lipinski definition) is 6. The van der Waals surface area contributed by atoms with Gasteiger partial charge in [0.25, 0.3) is 5.91 Å². The molecule has 1 aromatic carbocycles. The predicted molar refractivity (Wildman–Crippen MR) is 96.2 cm³/mol. The third-order valence-corrected chi connectivity index (χ3v) is 4.63. The summed E-state index contributed by atoms with van der Waals surface area (Å²) >= 11 is 1.24. The molecular formula is C17H16N4O4S. The molecule has 0 spiro atoms. The van der Waals surface area contributed by atoms with E-state index < -0.39 is 24.4 Å². The van der Waals surface area contributed by atoms with Gasteiger partial charge in [-0.15, -0.1) is 11.3 Å². The highest BCUT2D eigenvalue weighted by atomic mass is 32.1. The van der Waals surface area contributed by atoms with Crippen LogP contribution in [0.5, 0.6) is 0 Å². The first-order valence-corrected chi connectivity index (χ1v) is 8.54. The highest BCUT2D eigenvalue weighted by Crippen LogP contribution is 2.30. The van der Waals surface area contributed by atoms with Crippen LogP contribution < -0.4 is 11.1 Å². The summed E-state index contributed by atoms with van der Waals surface area (Å²) in [6.45, 7) is 1.08. The Hall–Kier alpha value is -3.20. The summed E-state index contributed by atoms with van der Waals surface area (Å²) in [5.41, 5.74) is 6.60. The molecule has 9 heteroatoms. The number of aromatic nitrogens is 2. The molecule has 3 rings (SSSR count). The average molecular weight is 372 g/mol. The second-order valence-electron chi connectivity index (χ2n) is 5.48. The quantitative estimate of drug-likeness (QED) is 0.630. The van der Waals surface area contributed by atoms with E-state index in [-0.39, 0.29) is 6.54 Å². The molecule has 0 bridgehead atoms. The summed E-state index contributed by atoms with van der Waals surface area (Å²) in [5.74, 6) is -1.88. The number of ether oxygens (including phenoxy) is 1. The molecular weight excluding hydrogens is 356 g/mol. The molecule has 0 saturated carbocycles. The van der Waals surface area contributed by atoms with Gasteiger partial charge in [0.2, 0.25) is 5.91 Å². The Kier molecular flexibility index (Phi) is 4.99. The van der Waals surface area contributed by atoms with Gasteiger partial charge >= 0.3 is 5.97 Å². The fourth-order valence-corrected chi connectivity index (χ4v) is 3.41. The molecule has 0 aliphatic heterocycles. The van der Waals surface area contributed by atoms with Crippen LogP contribution in [0.2, 0.25) is 0 Å². The van der Waals surface area contributed by atoms with Crippen LogP contribution in [0.1, 0.15) is 15.4 Å². The van der Waals surface area contributed by atoms with E-state index >= 15 is 0 Å². The van der Waals surface area contributed by atoms with Crippen molar-refractivity contribution in [3.8, 4) is 5.69 Å². The minimum absolute atomic E-state index is 0.300. The number of nitrogens with zero attached hydrogens (tertiary/aromatic N) is 2. The molecule has 2 amide bonds. The smallest absolute Gasteiger partial charge is 0.348 e. The van der Waals surface area contributed by atoms with E-state index in [2.05, 4.69) is 10.4 Å². The van der Waals surface area contributed by atoms with Crippen molar-refractivity contribution in [3.63, 3.8) is 0 Å². The van der Waals surface area contributed by atoms with Crippen molar-refractivity contribution in [2.75, 3.05) is 13.2 Å². The van der Waals surface area contributed by atoms with Gasteiger partial charge in [-0.3, -0.25) is 9.59 Å². The Balaban J connectivity index is 1.76. The molecule has 2 aromatic heterocycles. The third-order valence-electron chi connectivity index (χ3n) is 3.54. The highest BCUT2D eigenvalue weighted by molar-refractivity contribution is 7.20. The van der Waals surface area contributed by atoms with Crippen LogP contribution in [0.15, 0.2) is 36.4 Å². The number of aryl methyl sites for hydroxylation is 1. The van der Waals surface area contributed by atoms with E-state index in [4.69, 9.17) is 10.5 Å². The van der Waals surface area contributed by atoms with Gasteiger partial charge in [0.05, 0.1) is 17.9 Å². The normalized spacial score (nSPS) is 10.7. The number of amides is 2. The van der Waals surface area contributed by atoms with Crippen LogP contribution in [0.3, 0.4) is 0 Å². The molecule has 8 nitrogen and oxygen atoms in total. The summed E-state index contributed by atoms with van der Waals surface area (Å²) in [7, 11) is 0. The van der Waals surface area contributed by atoms with Crippen molar-refractivity contribution < 1.29 is 19.1 Å². The van der Waals surface area contributed by atoms with Crippen LogP contribution in [-0.4, -0.2) is 40.7 Å². The van der Waals surface area contributed by atoms with E-state index in [0.717, 1.165) is 21.6 Å². The fourth-order valence-electron chi connectivity index (χ4n) is 2.33. The highest BCUT2D eigenvalue weighted by Gasteiger charge is 2.18. The van der Waals surface area contributed by atoms with Gasteiger partial charge in [-0.25, -0.2) is 9.48 Å². The van der Waals surface area contributed by atoms with E-state index in [1.165, 1.54) is 11.3 Å². The first-order valence-electron chi connectivity index (χ1n) is 7.72. The maximum absolute atomic E-state index is 12.2. The van der Waals surface area contributed by atoms with Crippen LogP contribution in [0.4, 0.5) is 0 Å². The molecule has 0 unspecified atom stereocenters. The third kappa shape index (κ3) is 3.72. The Labute approximate surface area is 152 Å². The first-order chi connectivity index (χ1) is 12.5. The fraction of sp³-hybridized carbons (Fsp3) is 0.176. The molecule has 0 saturated heterocycles. The number of thiophene rings is 1. The number of carbonyl (C=O) groups is 3. The lowest BCUT2D eigenvalue weighted by Crippen LogP contribution is -2.35. The van der Waals surface area contributed by atoms with Crippen LogP contribution in [-0.2, 0) is 14.3 Å². The van der Waals surface area contributed by atoms with E-state index in [9.17, 15) is 14.4 Å². The van der Waals surface area contributed by atoms with Gasteiger partial charge < -0.3 is 15.8 Å². The number of rotatable bonds is 6. The van der Waals surface area contributed by atoms with Crippen molar-refractivity contribution in [1.29, 1.82) is 0 Å². The van der Waals surface area contributed by atoms with Crippen molar-refractivity contribution in [3.05, 3.63) is 47.0 Å². The Bertz CT molecular complexity index is 977. The average Bonchev–Trinajstić information content (AvgIpc) is 3.19. The molecule has 0 aliphatic carbocycles. The van der Waals surface area contributed by atoms with Crippen molar-refractivity contribution in [1.82, 2.24) is 15.1 Å². The molecule has 0 atom stereocenters. The largest absolute Gasteiger partial charge is 0.451 e. The number of esters is 1. The number of fused-ring (bicyclic) bond motifs is 1. The standard InChI is InChI=1S/C17H16N4O4S/c1-10-12-7-13(17(24)25-9-15(23)19-8-14(18)22)26-16(12)21(20-10)11-5-3-2-4-6-11/h2-7H,8-9H2,1H3,(H2,18,22)(H,19,23). The van der Waals surface area contributed by atoms with Gasteiger partial charge in [0, 0.05) is 5.39 Å². The summed E-state index contributed by atoms with van der Waals surface area (Å²) < 4.78 is 6.75. The van der Waals surface area contributed by atoms with Gasteiger partial charge in [-0.05, 0) is 25.1 Å². The van der Waals surface area contributed by atoms with Crippen LogP contribution >= 0.6 is 11.3 Å². The van der Waals surface area contributed by atoms with Gasteiger partial charge in [-0.2, -0.15) is 5.10 Å². The number of primary amides is 1. The lowest BCUT2D eigenvalue weighted by atomic mass is 10.3. The topological polar surface area (TPSA) is 116 Å². The Morgan fingerprint density at radius 2 is 2.00 bits per heavy atom. The SMILES string of the molecule is Cc1nn(-c2ccccc2)c2sc(C(=O)OCC(=O)NCC(N)=O)cc12. The zero-order chi connectivity index (χ0) is 18.7. The number of nitrogens with two attached hydrogens (primary N) is 1. The maximum Gasteiger partial charge on any atom is 0.348 e. The van der Waals surface area contributed by atoms with Gasteiger partial charge in [0.15, 0.2) is 6.61 Å². The number of benzene rings is 1. The van der Waals surface area contributed by atoms with E-state index in [0.29, 0.717) is 4.88 Å². The summed E-state index contributed by atoms with van der Waals surface area (Å²) in [5, 5.41) is 7.60. The first kappa shape index (κ1) is 17.6. The molecule has 0 radical (unpaired) electrons. The van der Waals surface area contributed by atoms with E-state index in [1.807, 2.05) is 37.3 Å². The molecule has 3 aromatic rings. The number of para-hydroxylation sites is 1. The number of hydrogen-bond donors (Lipinski definition) is 2. The van der Waals surface area contributed by atoms with Gasteiger partial charge in [-0.1, -0.05) is 18.2 Å². The zero-order valence-electron chi connectivity index (χ0n) is 13.9. The zero-order valence-corrected chi connectivity index (χ0v) is 14.7. The Morgan fingerprint density at radius 3 is 2.69 bits per heavy atom. The minimum Gasteiger partial charge on any atom is -0.451 e. The predicted octanol–water partition coefficient (Wildman–Crippen LogP) is 1.15. The minimum atomic E-state index is -0.671. The Morgan fingerprint density at radius 1 is 1.27 bits per heavy atom. The molecule has 3 N–H and O–H groups in total. The molecule has 2 heterocycles. The molecule has 134 valence electrons. The number of carbonyl (C=O) groups excluding carboxylic acids is 3. The molecule has 26 heavy (non-hydrogen) atoms. The molecule has 0 fully saturated rings. The second kappa shape index (κ2) is 7.36. The van der Waals surface area contributed by atoms with Crippen molar-refractivity contribution in [2.24, 2.45) is 5.73 Å². The van der Waals surface area contributed by atoms with Crippen molar-refractivity contribution >= 4 is 39.3 Å². The van der Waals surface area contributed by atoms with Crippen LogP contribution in [0.25, 0.3) is 15.9 Å². The monoisotopic (exact) mass is 372 g/mol. The summed E-state index contributed by atoms with van der Waals surface area (Å²) in [6, 6.07) is 11.3. The molecule has 0 aliphatic rings. The summed E-state index contributed by atoms with van der Waals surface area (Å²) in [4.78, 5) is 35.5. The van der Waals surface area contributed by atoms with Crippen molar-refractivity contribution in [2.45, 2.75) is 6.92 Å². The van der Waals surface area contributed by atoms with Crippen LogP contribution in [0, 0.1) is 6.92 Å². The second-order valence-corrected chi connectivity index (χ2v) is 6.51. The van der Waals surface area contributed by atoms with Gasteiger partial charge in [0.1, 0.15) is 9.71 Å². The lowest BCUT2D eigenvalue weighted by Gasteiger charge is -2.04. The lowest BCUT2D eigenvalue weighted by molar-refractivity contribution is -0.127. The summed E-state index contributed by atoms with van der Waals surface area (Å²) in [6.07, 6.45) is 0.